The van der Waals surface area contributed by atoms with E-state index in [-0.39, 0.29) is 0 Å². The van der Waals surface area contributed by atoms with Crippen molar-refractivity contribution < 1.29 is 0 Å². The van der Waals surface area contributed by atoms with Crippen LogP contribution in [0.1, 0.15) is 64.7 Å². The minimum atomic E-state index is 0.501. The van der Waals surface area contributed by atoms with E-state index in [1.54, 1.807) is 11.8 Å². The van der Waals surface area contributed by atoms with Gasteiger partial charge in [0.25, 0.3) is 0 Å². The summed E-state index contributed by atoms with van der Waals surface area (Å²) in [6.45, 7) is 8.10. The van der Waals surface area contributed by atoms with E-state index in [4.69, 9.17) is 4.99 Å². The van der Waals surface area contributed by atoms with Crippen molar-refractivity contribution in [1.29, 1.82) is 0 Å². The average molecular weight is 384 g/mol. The molecule has 1 saturated carbocycles. The first-order chi connectivity index (χ1) is 13.2. The fourth-order valence-corrected chi connectivity index (χ4v) is 5.54. The van der Waals surface area contributed by atoms with Gasteiger partial charge in [0.15, 0.2) is 0 Å². The summed E-state index contributed by atoms with van der Waals surface area (Å²) in [5, 5.41) is 4.39. The van der Waals surface area contributed by atoms with Crippen LogP contribution in [-0.2, 0) is 0 Å². The number of hydrogen-bond donors (Lipinski definition) is 1. The largest absolute Gasteiger partial charge is 0.390 e. The molecule has 0 radical (unpaired) electrons. The highest BCUT2D eigenvalue weighted by Crippen LogP contribution is 2.43. The molecule has 0 aromatic rings. The number of allylic oxidation sites excluding steroid dienone is 4. The Morgan fingerprint density at radius 2 is 2.04 bits per heavy atom. The van der Waals surface area contributed by atoms with E-state index >= 15 is 0 Å². The van der Waals surface area contributed by atoms with Crippen LogP contribution in [0.15, 0.2) is 57.2 Å². The van der Waals surface area contributed by atoms with E-state index in [2.05, 4.69) is 29.9 Å². The molecule has 0 unspecified atom stereocenters. The first kappa shape index (κ1) is 20.2. The van der Waals surface area contributed by atoms with Gasteiger partial charge in [0, 0.05) is 30.4 Å². The van der Waals surface area contributed by atoms with Crippen LogP contribution in [0.25, 0.3) is 0 Å². The molecule has 0 saturated heterocycles. The Bertz CT molecular complexity index is 676. The minimum absolute atomic E-state index is 0.501. The van der Waals surface area contributed by atoms with Crippen molar-refractivity contribution in [3.63, 3.8) is 0 Å². The summed E-state index contributed by atoms with van der Waals surface area (Å²) in [5.41, 5.74) is 3.47. The number of nitrogens with zero attached hydrogens (tertiary/aromatic N) is 2. The smallest absolute Gasteiger partial charge is 0.119 e. The van der Waals surface area contributed by atoms with Crippen LogP contribution in [0.5, 0.6) is 0 Å². The molecular weight excluding hydrogens is 350 g/mol. The molecule has 3 nitrogen and oxygen atoms in total. The lowest BCUT2D eigenvalue weighted by Crippen LogP contribution is -2.23. The summed E-state index contributed by atoms with van der Waals surface area (Å²) in [7, 11) is 0. The third-order valence-corrected chi connectivity index (χ3v) is 7.13. The Balaban J connectivity index is 1.73. The standard InChI is InChI=1S/C23H33N3S/c1-3-7-21(20-9-6-8-19(20)2)27-22-18-25-15-13-23(10-4-5-11-23)12-14-24-16-17-26-22/h3,7,16-18,24H,1,4-6,8-15H2,2H3/b17-16+,21-7+,25-18-,26-22+. The van der Waals surface area contributed by atoms with Crippen LogP contribution < -0.4 is 5.32 Å². The average Bonchev–Trinajstić information content (AvgIpc) is 3.29. The Hall–Kier alpha value is -1.55. The van der Waals surface area contributed by atoms with Gasteiger partial charge in [-0.1, -0.05) is 42.8 Å². The molecule has 1 spiro atoms. The predicted molar refractivity (Wildman–Crippen MR) is 120 cm³/mol. The van der Waals surface area contributed by atoms with Gasteiger partial charge in [0.2, 0.25) is 0 Å². The topological polar surface area (TPSA) is 36.8 Å². The van der Waals surface area contributed by atoms with E-state index in [9.17, 15) is 0 Å². The van der Waals surface area contributed by atoms with E-state index in [0.717, 1.165) is 24.6 Å². The molecule has 1 heterocycles. The predicted octanol–water partition coefficient (Wildman–Crippen LogP) is 6.17. The lowest BCUT2D eigenvalue weighted by atomic mass is 9.79. The lowest BCUT2D eigenvalue weighted by molar-refractivity contribution is 0.253. The monoisotopic (exact) mass is 383 g/mol. The van der Waals surface area contributed by atoms with Gasteiger partial charge < -0.3 is 5.32 Å². The molecule has 0 bridgehead atoms. The minimum Gasteiger partial charge on any atom is -0.390 e. The van der Waals surface area contributed by atoms with Crippen molar-refractivity contribution in [1.82, 2.24) is 5.32 Å². The van der Waals surface area contributed by atoms with Gasteiger partial charge in [-0.3, -0.25) is 4.99 Å². The highest BCUT2D eigenvalue weighted by Gasteiger charge is 2.32. The third kappa shape index (κ3) is 5.71. The van der Waals surface area contributed by atoms with Crippen LogP contribution in [0.2, 0.25) is 0 Å². The van der Waals surface area contributed by atoms with E-state index in [1.165, 1.54) is 67.4 Å². The summed E-state index contributed by atoms with van der Waals surface area (Å²) in [6.07, 6.45) is 21.4. The van der Waals surface area contributed by atoms with Gasteiger partial charge in [-0.05, 0) is 68.9 Å². The third-order valence-electron chi connectivity index (χ3n) is 6.11. The molecule has 0 aromatic carbocycles. The maximum absolute atomic E-state index is 4.76. The zero-order valence-corrected chi connectivity index (χ0v) is 17.5. The van der Waals surface area contributed by atoms with Crippen LogP contribution in [0, 0.1) is 5.41 Å². The number of rotatable bonds is 3. The van der Waals surface area contributed by atoms with Crippen molar-refractivity contribution in [3.05, 3.63) is 47.2 Å². The lowest BCUT2D eigenvalue weighted by Gasteiger charge is -2.28. The Morgan fingerprint density at radius 1 is 1.19 bits per heavy atom. The first-order valence-electron chi connectivity index (χ1n) is 10.4. The van der Waals surface area contributed by atoms with Crippen molar-refractivity contribution >= 4 is 23.0 Å². The van der Waals surface area contributed by atoms with E-state index < -0.39 is 0 Å². The SMILES string of the molecule is C=C/C=C(/SC1=N/C=C/NCCC2(CCCC2)CC/N=C\1)C1=C(C)CCC1. The van der Waals surface area contributed by atoms with Crippen LogP contribution in [0.4, 0.5) is 0 Å². The maximum Gasteiger partial charge on any atom is 0.119 e. The molecular formula is C23H33N3S. The van der Waals surface area contributed by atoms with Gasteiger partial charge in [-0.25, -0.2) is 4.99 Å². The first-order valence-corrected chi connectivity index (χ1v) is 11.2. The highest BCUT2D eigenvalue weighted by molar-refractivity contribution is 8.18. The van der Waals surface area contributed by atoms with Crippen LogP contribution >= 0.6 is 11.8 Å². The molecule has 146 valence electrons. The Kier molecular flexibility index (Phi) is 7.57. The molecule has 1 aliphatic heterocycles. The maximum atomic E-state index is 4.76. The van der Waals surface area contributed by atoms with E-state index in [1.807, 2.05) is 24.7 Å². The second-order valence-corrected chi connectivity index (χ2v) is 9.02. The summed E-state index contributed by atoms with van der Waals surface area (Å²) >= 11 is 1.72. The summed E-state index contributed by atoms with van der Waals surface area (Å²) in [5.74, 6) is 0. The molecule has 27 heavy (non-hydrogen) atoms. The molecule has 0 aromatic heterocycles. The van der Waals surface area contributed by atoms with Gasteiger partial charge in [0.1, 0.15) is 5.04 Å². The number of thioether (sulfide) groups is 1. The van der Waals surface area contributed by atoms with Crippen LogP contribution in [0.3, 0.4) is 0 Å². The molecule has 3 aliphatic rings. The fourth-order valence-electron chi connectivity index (χ4n) is 4.51. The molecule has 1 N–H and O–H groups in total. The number of hydrogen-bond acceptors (Lipinski definition) is 4. The molecule has 2 aliphatic carbocycles. The van der Waals surface area contributed by atoms with Gasteiger partial charge in [0.05, 0.1) is 6.21 Å². The summed E-state index contributed by atoms with van der Waals surface area (Å²) < 4.78 is 0. The zero-order valence-electron chi connectivity index (χ0n) is 16.7. The second-order valence-electron chi connectivity index (χ2n) is 7.96. The van der Waals surface area contributed by atoms with Gasteiger partial charge >= 0.3 is 0 Å². The molecule has 3 rings (SSSR count). The Morgan fingerprint density at radius 3 is 2.78 bits per heavy atom. The van der Waals surface area contributed by atoms with E-state index in [0.29, 0.717) is 5.41 Å². The van der Waals surface area contributed by atoms with Crippen molar-refractivity contribution in [3.8, 4) is 0 Å². The summed E-state index contributed by atoms with van der Waals surface area (Å²) in [6, 6.07) is 0. The van der Waals surface area contributed by atoms with Gasteiger partial charge in [-0.15, -0.1) is 0 Å². The van der Waals surface area contributed by atoms with Crippen molar-refractivity contribution in [2.75, 3.05) is 13.1 Å². The molecule has 0 atom stereocenters. The quantitative estimate of drug-likeness (QED) is 0.591. The normalized spacial score (nSPS) is 28.0. The molecule has 1 fully saturated rings. The molecule has 0 amide bonds. The van der Waals surface area contributed by atoms with Crippen LogP contribution in [-0.4, -0.2) is 24.3 Å². The second kappa shape index (κ2) is 10.1. The number of aliphatic imine (C=N–C) groups is 2. The zero-order chi connectivity index (χ0) is 19.0. The van der Waals surface area contributed by atoms with Crippen molar-refractivity contribution in [2.45, 2.75) is 64.7 Å². The number of nitrogens with one attached hydrogen (secondary N) is 1. The van der Waals surface area contributed by atoms with Gasteiger partial charge in [-0.2, -0.15) is 0 Å². The summed E-state index contributed by atoms with van der Waals surface area (Å²) in [4.78, 5) is 10.7. The van der Waals surface area contributed by atoms with Crippen molar-refractivity contribution in [2.24, 2.45) is 15.4 Å². The fraction of sp³-hybridized carbons (Fsp3) is 0.565. The highest BCUT2D eigenvalue weighted by atomic mass is 32.2. The molecule has 4 heteroatoms. The Labute approximate surface area is 168 Å².